The van der Waals surface area contributed by atoms with Crippen molar-refractivity contribution in [3.8, 4) is 23.0 Å². The van der Waals surface area contributed by atoms with Gasteiger partial charge in [0.15, 0.2) is 11.5 Å². The summed E-state index contributed by atoms with van der Waals surface area (Å²) in [6.45, 7) is 5.59. The van der Waals surface area contributed by atoms with Crippen LogP contribution >= 0.6 is 27.5 Å². The number of carbonyl (C=O) groups is 2. The van der Waals surface area contributed by atoms with Crippen molar-refractivity contribution in [2.75, 3.05) is 7.11 Å². The van der Waals surface area contributed by atoms with Crippen LogP contribution in [-0.2, 0) is 16.1 Å². The maximum absolute atomic E-state index is 13.2. The Balaban J connectivity index is 1.81. The van der Waals surface area contributed by atoms with Gasteiger partial charge in [-0.15, -0.1) is 0 Å². The minimum absolute atomic E-state index is 0.0484. The molecule has 4 rings (SSSR count). The molecular weight excluding hydrogens is 576 g/mol. The van der Waals surface area contributed by atoms with Crippen LogP contribution in [0.5, 0.6) is 23.0 Å². The van der Waals surface area contributed by atoms with E-state index in [9.17, 15) is 14.7 Å². The number of ether oxygens (including phenoxy) is 4. The van der Waals surface area contributed by atoms with E-state index in [-0.39, 0.29) is 53.0 Å². The van der Waals surface area contributed by atoms with Gasteiger partial charge in [-0.3, -0.25) is 4.79 Å². The van der Waals surface area contributed by atoms with Crippen LogP contribution in [0.4, 0.5) is 0 Å². The molecule has 1 saturated carbocycles. The SMILES string of the molecule is COc1c([C@@H](O)CC(C)C)ccc2c1C(=O)OCc1c(Cl)c(C)c(Br)c(OC(=O)C3CCCCCC3)c1O2. The van der Waals surface area contributed by atoms with Crippen molar-refractivity contribution >= 4 is 39.5 Å². The number of fused-ring (bicyclic) bond motifs is 2. The molecule has 7 nitrogen and oxygen atoms in total. The van der Waals surface area contributed by atoms with E-state index in [1.54, 1.807) is 19.1 Å². The minimum Gasteiger partial charge on any atom is -0.495 e. The molecule has 206 valence electrons. The van der Waals surface area contributed by atoms with Crippen molar-refractivity contribution in [3.63, 3.8) is 0 Å². The molecule has 1 atom stereocenters. The summed E-state index contributed by atoms with van der Waals surface area (Å²) in [5, 5.41) is 11.2. The van der Waals surface area contributed by atoms with Gasteiger partial charge in [0.2, 0.25) is 0 Å². The lowest BCUT2D eigenvalue weighted by molar-refractivity contribution is -0.139. The van der Waals surface area contributed by atoms with Gasteiger partial charge in [0, 0.05) is 5.56 Å². The Morgan fingerprint density at radius 1 is 1.18 bits per heavy atom. The summed E-state index contributed by atoms with van der Waals surface area (Å²) in [6, 6.07) is 3.26. The number of hydrogen-bond donors (Lipinski definition) is 1. The van der Waals surface area contributed by atoms with Crippen molar-refractivity contribution in [3.05, 3.63) is 43.9 Å². The van der Waals surface area contributed by atoms with Gasteiger partial charge in [0.1, 0.15) is 23.7 Å². The van der Waals surface area contributed by atoms with Crippen LogP contribution in [0.3, 0.4) is 0 Å². The number of benzene rings is 2. The Hall–Kier alpha value is -2.29. The Morgan fingerprint density at radius 2 is 1.87 bits per heavy atom. The molecule has 1 aliphatic carbocycles. The molecule has 1 heterocycles. The molecule has 1 N–H and O–H groups in total. The molecule has 9 heteroatoms. The summed E-state index contributed by atoms with van der Waals surface area (Å²) in [5.74, 6) is -0.243. The lowest BCUT2D eigenvalue weighted by Gasteiger charge is -2.26. The zero-order chi connectivity index (χ0) is 27.6. The van der Waals surface area contributed by atoms with Gasteiger partial charge in [-0.2, -0.15) is 0 Å². The fourth-order valence-electron chi connectivity index (χ4n) is 5.09. The summed E-state index contributed by atoms with van der Waals surface area (Å²) in [7, 11) is 1.43. The maximum Gasteiger partial charge on any atom is 0.346 e. The first kappa shape index (κ1) is 28.7. The van der Waals surface area contributed by atoms with Crippen molar-refractivity contribution in [2.45, 2.75) is 78.4 Å². The minimum atomic E-state index is -0.844. The van der Waals surface area contributed by atoms with Crippen molar-refractivity contribution in [1.29, 1.82) is 0 Å². The number of aliphatic hydroxyl groups is 1. The maximum atomic E-state index is 13.2. The molecule has 0 spiro atoms. The lowest BCUT2D eigenvalue weighted by atomic mass is 9.96. The van der Waals surface area contributed by atoms with E-state index < -0.39 is 12.1 Å². The van der Waals surface area contributed by atoms with Gasteiger partial charge in [-0.25, -0.2) is 4.79 Å². The number of esters is 2. The molecule has 2 aromatic carbocycles. The predicted octanol–water partition coefficient (Wildman–Crippen LogP) is 7.84. The average molecular weight is 610 g/mol. The Labute approximate surface area is 236 Å². The predicted molar refractivity (Wildman–Crippen MR) is 147 cm³/mol. The summed E-state index contributed by atoms with van der Waals surface area (Å²) in [5.41, 5.74) is 1.55. The second-order valence-corrected chi connectivity index (χ2v) is 11.6. The van der Waals surface area contributed by atoms with Gasteiger partial charge in [0.05, 0.1) is 34.2 Å². The number of halogens is 2. The first-order valence-electron chi connectivity index (χ1n) is 13.1. The van der Waals surface area contributed by atoms with Gasteiger partial charge in [-0.05, 0) is 65.7 Å². The Bertz CT molecular complexity index is 1220. The highest BCUT2D eigenvalue weighted by Crippen LogP contribution is 2.50. The van der Waals surface area contributed by atoms with E-state index in [1.807, 2.05) is 13.8 Å². The van der Waals surface area contributed by atoms with E-state index in [1.165, 1.54) is 7.11 Å². The van der Waals surface area contributed by atoms with E-state index in [4.69, 9.17) is 30.5 Å². The van der Waals surface area contributed by atoms with Crippen LogP contribution < -0.4 is 14.2 Å². The van der Waals surface area contributed by atoms with Crippen molar-refractivity contribution in [2.24, 2.45) is 11.8 Å². The number of cyclic esters (lactones) is 1. The third-order valence-corrected chi connectivity index (χ3v) is 8.63. The molecule has 1 fully saturated rings. The molecule has 0 unspecified atom stereocenters. The first-order chi connectivity index (χ1) is 18.1. The lowest BCUT2D eigenvalue weighted by Crippen LogP contribution is -2.21. The first-order valence-corrected chi connectivity index (χ1v) is 14.3. The smallest absolute Gasteiger partial charge is 0.346 e. The van der Waals surface area contributed by atoms with Crippen LogP contribution in [0.25, 0.3) is 0 Å². The zero-order valence-corrected chi connectivity index (χ0v) is 24.5. The molecule has 2 aliphatic rings. The number of aliphatic hydroxyl groups excluding tert-OH is 1. The molecule has 1 aliphatic heterocycles. The number of methoxy groups -OCH3 is 1. The van der Waals surface area contributed by atoms with Gasteiger partial charge < -0.3 is 24.1 Å². The molecule has 0 amide bonds. The second kappa shape index (κ2) is 12.3. The number of hydrogen-bond acceptors (Lipinski definition) is 7. The topological polar surface area (TPSA) is 91.3 Å². The molecule has 2 aromatic rings. The van der Waals surface area contributed by atoms with Crippen molar-refractivity contribution < 1.29 is 33.6 Å². The highest BCUT2D eigenvalue weighted by Gasteiger charge is 2.34. The standard InChI is InChI=1S/C29H34BrClO7/c1-15(2)13-20(32)18-11-12-21-22(25(18)35-4)29(34)36-14-19-24(31)16(3)23(30)27(26(19)37-21)38-28(33)17-9-7-5-6-8-10-17/h11-12,15,17,20,32H,5-10,13-14H2,1-4H3/t20-/m0/s1. The van der Waals surface area contributed by atoms with Gasteiger partial charge >= 0.3 is 11.9 Å². The quantitative estimate of drug-likeness (QED) is 0.203. The van der Waals surface area contributed by atoms with E-state index in [0.717, 1.165) is 38.5 Å². The van der Waals surface area contributed by atoms with Crippen LogP contribution in [-0.4, -0.2) is 24.2 Å². The van der Waals surface area contributed by atoms with Gasteiger partial charge in [-0.1, -0.05) is 51.1 Å². The van der Waals surface area contributed by atoms with Crippen molar-refractivity contribution in [1.82, 2.24) is 0 Å². The molecule has 0 saturated heterocycles. The third-order valence-electron chi connectivity index (χ3n) is 7.17. The normalized spacial score (nSPS) is 16.8. The van der Waals surface area contributed by atoms with E-state index in [0.29, 0.717) is 32.6 Å². The Kier molecular flexibility index (Phi) is 9.27. The average Bonchev–Trinajstić information content (AvgIpc) is 3.17. The van der Waals surface area contributed by atoms with E-state index >= 15 is 0 Å². The monoisotopic (exact) mass is 608 g/mol. The third kappa shape index (κ3) is 5.82. The molecule has 0 aromatic heterocycles. The number of carbonyl (C=O) groups excluding carboxylic acids is 2. The van der Waals surface area contributed by atoms with E-state index in [2.05, 4.69) is 15.9 Å². The highest BCUT2D eigenvalue weighted by atomic mass is 79.9. The summed E-state index contributed by atoms with van der Waals surface area (Å²) in [6.07, 6.45) is 5.41. The van der Waals surface area contributed by atoms with Crippen LogP contribution in [0.2, 0.25) is 5.02 Å². The molecule has 0 radical (unpaired) electrons. The zero-order valence-electron chi connectivity index (χ0n) is 22.2. The summed E-state index contributed by atoms with van der Waals surface area (Å²) in [4.78, 5) is 26.5. The second-order valence-electron chi connectivity index (χ2n) is 10.4. The summed E-state index contributed by atoms with van der Waals surface area (Å²) < 4.78 is 24.0. The van der Waals surface area contributed by atoms with Gasteiger partial charge in [0.25, 0.3) is 0 Å². The van der Waals surface area contributed by atoms with Crippen LogP contribution in [0, 0.1) is 18.8 Å². The summed E-state index contributed by atoms with van der Waals surface area (Å²) >= 11 is 10.2. The number of rotatable bonds is 6. The molecule has 0 bridgehead atoms. The fourth-order valence-corrected chi connectivity index (χ4v) is 5.90. The Morgan fingerprint density at radius 3 is 2.50 bits per heavy atom. The van der Waals surface area contributed by atoms with Crippen LogP contribution in [0.1, 0.15) is 91.9 Å². The van der Waals surface area contributed by atoms with Crippen LogP contribution in [0.15, 0.2) is 16.6 Å². The largest absolute Gasteiger partial charge is 0.495 e. The fraction of sp³-hybridized carbons (Fsp3) is 0.517. The molecule has 38 heavy (non-hydrogen) atoms. The highest BCUT2D eigenvalue weighted by molar-refractivity contribution is 9.10. The molecular formula is C29H34BrClO7.